The molecule has 8 nitrogen and oxygen atoms in total. The maximum atomic E-state index is 13.4. The number of ether oxygens (including phenoxy) is 1. The van der Waals surface area contributed by atoms with Crippen LogP contribution in [0.3, 0.4) is 0 Å². The van der Waals surface area contributed by atoms with Gasteiger partial charge < -0.3 is 14.0 Å². The lowest BCUT2D eigenvalue weighted by Gasteiger charge is -2.41. The number of fused-ring (bicyclic) bond motifs is 2. The van der Waals surface area contributed by atoms with E-state index in [1.54, 1.807) is 26.0 Å². The zero-order chi connectivity index (χ0) is 32.5. The molecule has 1 aliphatic heterocycles. The molecule has 4 aromatic rings. The first-order valence-electron chi connectivity index (χ1n) is 16.2. The number of carbonyl (C=O) groups is 1. The maximum Gasteiger partial charge on any atom is 0.353 e. The maximum absolute atomic E-state index is 13.4. The molecule has 2 aliphatic rings. The molecule has 242 valence electrons. The smallest absolute Gasteiger partial charge is 0.353 e. The fraction of sp³-hybridized carbons (Fsp3) is 0.405. The van der Waals surface area contributed by atoms with E-state index in [2.05, 4.69) is 15.9 Å². The number of hydrogen-bond donors (Lipinski definition) is 1. The monoisotopic (exact) mass is 642 g/mol. The molecule has 1 aliphatic carbocycles. The second-order valence-corrected chi connectivity index (χ2v) is 14.8. The number of benzene rings is 3. The second-order valence-electron chi connectivity index (χ2n) is 13.1. The van der Waals surface area contributed by atoms with Crippen molar-refractivity contribution in [1.82, 2.24) is 4.72 Å². The van der Waals surface area contributed by atoms with Crippen LogP contribution in [0.1, 0.15) is 80.2 Å². The van der Waals surface area contributed by atoms with Gasteiger partial charge in [-0.25, -0.2) is 13.2 Å². The highest BCUT2D eigenvalue weighted by atomic mass is 32.2. The van der Waals surface area contributed by atoms with Crippen LogP contribution in [0.4, 0.5) is 0 Å². The lowest BCUT2D eigenvalue weighted by Crippen LogP contribution is -2.45. The zero-order valence-corrected chi connectivity index (χ0v) is 27.8. The molecular formula is C37H42N2O6S. The summed E-state index contributed by atoms with van der Waals surface area (Å²) in [6, 6.07) is 19.4. The van der Waals surface area contributed by atoms with E-state index in [0.29, 0.717) is 12.0 Å². The molecule has 1 aromatic heterocycles. The number of aryl methyl sites for hydroxylation is 3. The number of rotatable bonds is 8. The summed E-state index contributed by atoms with van der Waals surface area (Å²) in [4.78, 5) is 18.9. The Morgan fingerprint density at radius 2 is 1.70 bits per heavy atom. The van der Waals surface area contributed by atoms with Gasteiger partial charge in [0.05, 0.1) is 4.90 Å². The lowest BCUT2D eigenvalue weighted by atomic mass is 9.79. The van der Waals surface area contributed by atoms with Crippen LogP contribution in [0.5, 0.6) is 5.75 Å². The summed E-state index contributed by atoms with van der Waals surface area (Å²) in [5.41, 5.74) is 5.55. The van der Waals surface area contributed by atoms with Crippen LogP contribution in [-0.4, -0.2) is 26.0 Å². The molecule has 6 rings (SSSR count). The van der Waals surface area contributed by atoms with E-state index < -0.39 is 28.0 Å². The Labute approximate surface area is 270 Å². The fourth-order valence-corrected chi connectivity index (χ4v) is 7.92. The van der Waals surface area contributed by atoms with Gasteiger partial charge in [-0.15, -0.1) is 0 Å². The molecule has 1 saturated carbocycles. The van der Waals surface area contributed by atoms with Gasteiger partial charge >= 0.3 is 5.97 Å². The molecular weight excluding hydrogens is 600 g/mol. The van der Waals surface area contributed by atoms with Crippen molar-refractivity contribution in [1.29, 1.82) is 0 Å². The average molecular weight is 643 g/mol. The van der Waals surface area contributed by atoms with Crippen molar-refractivity contribution >= 4 is 27.0 Å². The molecule has 0 radical (unpaired) electrons. The van der Waals surface area contributed by atoms with E-state index in [1.807, 2.05) is 50.2 Å². The minimum absolute atomic E-state index is 0.0688. The first-order valence-corrected chi connectivity index (χ1v) is 17.7. The van der Waals surface area contributed by atoms with Crippen LogP contribution in [0.25, 0.3) is 11.0 Å². The van der Waals surface area contributed by atoms with E-state index in [9.17, 15) is 13.2 Å². The van der Waals surface area contributed by atoms with Crippen molar-refractivity contribution in [2.75, 3.05) is 0 Å². The number of nitrogens with one attached hydrogen (secondary N) is 1. The van der Waals surface area contributed by atoms with Gasteiger partial charge in [-0.05, 0) is 98.3 Å². The Morgan fingerprint density at radius 1 is 0.978 bits per heavy atom. The number of carbonyl (C=O) groups excluding carboxylic acids is 1. The summed E-state index contributed by atoms with van der Waals surface area (Å²) in [7, 11) is -3.98. The van der Waals surface area contributed by atoms with Crippen molar-refractivity contribution < 1.29 is 27.2 Å². The molecule has 2 heterocycles. The van der Waals surface area contributed by atoms with Crippen LogP contribution in [0, 0.1) is 19.8 Å². The van der Waals surface area contributed by atoms with E-state index in [0.717, 1.165) is 59.1 Å². The zero-order valence-electron chi connectivity index (χ0n) is 27.0. The molecule has 1 unspecified atom stereocenters. The normalized spacial score (nSPS) is 17.1. The molecule has 9 heteroatoms. The number of hydrogen-bond acceptors (Lipinski definition) is 7. The molecule has 0 saturated heterocycles. The molecule has 46 heavy (non-hydrogen) atoms. The Morgan fingerprint density at radius 3 is 2.39 bits per heavy atom. The minimum atomic E-state index is -3.98. The Kier molecular flexibility index (Phi) is 9.08. The van der Waals surface area contributed by atoms with Crippen LogP contribution >= 0.6 is 0 Å². The van der Waals surface area contributed by atoms with Crippen molar-refractivity contribution in [2.45, 2.75) is 95.6 Å². The molecule has 1 N–H and O–H groups in total. The Balaban J connectivity index is 1.36. The summed E-state index contributed by atoms with van der Waals surface area (Å²) in [5.74, 6) is -0.386. The minimum Gasteiger partial charge on any atom is -0.487 e. The quantitative estimate of drug-likeness (QED) is 0.163. The predicted octanol–water partition coefficient (Wildman–Crippen LogP) is 7.03. The van der Waals surface area contributed by atoms with E-state index in [1.165, 1.54) is 37.0 Å². The third-order valence-electron chi connectivity index (χ3n) is 9.40. The first kappa shape index (κ1) is 32.0. The Bertz CT molecular complexity index is 1910. The summed E-state index contributed by atoms with van der Waals surface area (Å²) in [5, 5.41) is 5.20. The number of sulfonamides is 1. The summed E-state index contributed by atoms with van der Waals surface area (Å²) >= 11 is 0. The SMILES string of the molecule is Cc1ccc(S(=O)(=O)NC(C(=O)O/N=c2/oc3cc4c(cc3c(C)c2Cc2ccccc2)CCC2(CCCCC2)O4)C(C)C)cc1. The molecule has 1 fully saturated rings. The van der Waals surface area contributed by atoms with E-state index in [4.69, 9.17) is 14.0 Å². The van der Waals surface area contributed by atoms with Crippen molar-refractivity contribution in [2.24, 2.45) is 11.1 Å². The predicted molar refractivity (Wildman–Crippen MR) is 177 cm³/mol. The summed E-state index contributed by atoms with van der Waals surface area (Å²) in [6.45, 7) is 7.40. The Hall–Kier alpha value is -3.95. The van der Waals surface area contributed by atoms with Gasteiger partial charge in [-0.1, -0.05) is 68.3 Å². The highest BCUT2D eigenvalue weighted by Gasteiger charge is 2.38. The molecule has 0 bridgehead atoms. The van der Waals surface area contributed by atoms with Crippen molar-refractivity contribution in [3.8, 4) is 5.75 Å². The molecule has 3 aromatic carbocycles. The third kappa shape index (κ3) is 6.76. The van der Waals surface area contributed by atoms with Crippen molar-refractivity contribution in [3.63, 3.8) is 0 Å². The largest absolute Gasteiger partial charge is 0.487 e. The van der Waals surface area contributed by atoms with Crippen LogP contribution < -0.4 is 15.0 Å². The topological polar surface area (TPSA) is 107 Å². The van der Waals surface area contributed by atoms with Crippen molar-refractivity contribution in [3.05, 3.63) is 100 Å². The third-order valence-corrected chi connectivity index (χ3v) is 10.9. The van der Waals surface area contributed by atoms with Gasteiger partial charge in [0.1, 0.15) is 23.0 Å². The van der Waals surface area contributed by atoms with Crippen LogP contribution in [0.2, 0.25) is 0 Å². The van der Waals surface area contributed by atoms with Gasteiger partial charge in [0.15, 0.2) is 0 Å². The summed E-state index contributed by atoms with van der Waals surface area (Å²) < 4.78 is 41.9. The molecule has 0 amide bonds. The van der Waals surface area contributed by atoms with E-state index in [-0.39, 0.29) is 16.1 Å². The highest BCUT2D eigenvalue weighted by molar-refractivity contribution is 7.89. The number of nitrogens with zero attached hydrogens (tertiary/aromatic N) is 1. The first-order chi connectivity index (χ1) is 22.0. The van der Waals surface area contributed by atoms with E-state index >= 15 is 0 Å². The van der Waals surface area contributed by atoms with Gasteiger partial charge in [0, 0.05) is 23.4 Å². The highest BCUT2D eigenvalue weighted by Crippen LogP contribution is 2.43. The standard InChI is InChI=1S/C37H42N2O6S/c1-24(2)34(39-46(41,42)29-15-13-25(3)14-16-29)36(40)45-38-35-31(21-27-11-7-5-8-12-27)26(4)30-22-28-17-20-37(18-9-6-10-19-37)44-32(28)23-33(30)43-35/h5,7-8,11-16,22-24,34,39H,6,9-10,17-21H2,1-4H3/b38-35+. The van der Waals surface area contributed by atoms with Gasteiger partial charge in [0.2, 0.25) is 10.0 Å². The molecule has 1 atom stereocenters. The second kappa shape index (κ2) is 13.0. The molecule has 1 spiro atoms. The van der Waals surface area contributed by atoms with Crippen LogP contribution in [0.15, 0.2) is 81.2 Å². The average Bonchev–Trinajstić information content (AvgIpc) is 3.04. The van der Waals surface area contributed by atoms with Gasteiger partial charge in [-0.2, -0.15) is 4.72 Å². The fourth-order valence-electron chi connectivity index (χ4n) is 6.59. The lowest BCUT2D eigenvalue weighted by molar-refractivity contribution is -0.147. The van der Waals surface area contributed by atoms with Crippen LogP contribution in [-0.2, 0) is 32.5 Å². The summed E-state index contributed by atoms with van der Waals surface area (Å²) in [6.07, 6.45) is 8.24. The van der Waals surface area contributed by atoms with Gasteiger partial charge in [-0.3, -0.25) is 0 Å². The van der Waals surface area contributed by atoms with Gasteiger partial charge in [0.25, 0.3) is 5.55 Å².